The summed E-state index contributed by atoms with van der Waals surface area (Å²) in [5.41, 5.74) is 3.52. The zero-order chi connectivity index (χ0) is 15.2. The third-order valence-corrected chi connectivity index (χ3v) is 3.52. The summed E-state index contributed by atoms with van der Waals surface area (Å²) in [6.45, 7) is 4.80. The topological polar surface area (TPSA) is 80.4 Å². The lowest BCUT2D eigenvalue weighted by Gasteiger charge is -2.12. The van der Waals surface area contributed by atoms with Crippen LogP contribution in [-0.2, 0) is 19.8 Å². The van der Waals surface area contributed by atoms with Crippen molar-refractivity contribution in [3.63, 3.8) is 0 Å². The molecule has 1 aromatic heterocycles. The van der Waals surface area contributed by atoms with Crippen LogP contribution in [0, 0.1) is 13.8 Å². The van der Waals surface area contributed by atoms with E-state index in [9.17, 15) is 5.11 Å². The molecule has 21 heavy (non-hydrogen) atoms. The summed E-state index contributed by atoms with van der Waals surface area (Å²) >= 11 is 0. The van der Waals surface area contributed by atoms with Gasteiger partial charge in [0.25, 0.3) is 0 Å². The summed E-state index contributed by atoms with van der Waals surface area (Å²) in [4.78, 5) is 0. The summed E-state index contributed by atoms with van der Waals surface area (Å²) in [6.07, 6.45) is 0.588. The number of aromatic nitrogens is 3. The molecule has 0 aliphatic heterocycles. The van der Waals surface area contributed by atoms with Crippen molar-refractivity contribution < 1.29 is 14.9 Å². The molecule has 114 valence electrons. The Kier molecular flexibility index (Phi) is 5.30. The van der Waals surface area contributed by atoms with Gasteiger partial charge in [0.05, 0.1) is 6.61 Å². The van der Waals surface area contributed by atoms with E-state index in [4.69, 9.17) is 9.84 Å². The van der Waals surface area contributed by atoms with Crippen molar-refractivity contribution in [1.82, 2.24) is 15.0 Å². The number of ether oxygens (including phenoxy) is 1. The molecule has 2 rings (SSSR count). The van der Waals surface area contributed by atoms with E-state index >= 15 is 0 Å². The molecule has 2 N–H and O–H groups in total. The number of hydrogen-bond acceptors (Lipinski definition) is 5. The summed E-state index contributed by atoms with van der Waals surface area (Å²) in [5.74, 6) is 0.814. The van der Waals surface area contributed by atoms with Crippen molar-refractivity contribution in [2.45, 2.75) is 40.0 Å². The van der Waals surface area contributed by atoms with Gasteiger partial charge in [0, 0.05) is 13.2 Å². The quantitative estimate of drug-likeness (QED) is 0.805. The second-order valence-corrected chi connectivity index (χ2v) is 4.93. The molecule has 6 nitrogen and oxygen atoms in total. The predicted molar refractivity (Wildman–Crippen MR) is 77.9 cm³/mol. The number of benzene rings is 1. The highest BCUT2D eigenvalue weighted by Crippen LogP contribution is 2.22. The van der Waals surface area contributed by atoms with Gasteiger partial charge in [-0.05, 0) is 37.5 Å². The molecule has 0 spiro atoms. The highest BCUT2D eigenvalue weighted by Gasteiger charge is 2.13. The molecule has 1 heterocycles. The van der Waals surface area contributed by atoms with Crippen molar-refractivity contribution in [2.75, 3.05) is 6.61 Å². The van der Waals surface area contributed by atoms with Gasteiger partial charge in [-0.2, -0.15) is 0 Å². The lowest BCUT2D eigenvalue weighted by molar-refractivity contribution is 0.255. The van der Waals surface area contributed by atoms with Crippen molar-refractivity contribution >= 4 is 0 Å². The van der Waals surface area contributed by atoms with Crippen LogP contribution < -0.4 is 4.74 Å². The fourth-order valence-electron chi connectivity index (χ4n) is 2.08. The molecule has 0 aliphatic rings. The van der Waals surface area contributed by atoms with Crippen LogP contribution in [0.1, 0.15) is 28.9 Å². The van der Waals surface area contributed by atoms with E-state index in [1.165, 1.54) is 5.56 Å². The number of aryl methyl sites for hydroxylation is 2. The molecule has 0 radical (unpaired) electrons. The molecule has 0 fully saturated rings. The molecule has 0 saturated carbocycles. The van der Waals surface area contributed by atoms with Gasteiger partial charge in [-0.25, -0.2) is 4.68 Å². The number of rotatable bonds is 7. The Hall–Kier alpha value is -1.92. The molecule has 1 aromatic carbocycles. The highest BCUT2D eigenvalue weighted by atomic mass is 16.5. The number of hydrogen-bond donors (Lipinski definition) is 2. The Balaban J connectivity index is 2.14. The minimum Gasteiger partial charge on any atom is -0.487 e. The fourth-order valence-corrected chi connectivity index (χ4v) is 2.08. The van der Waals surface area contributed by atoms with Crippen LogP contribution in [0.25, 0.3) is 0 Å². The van der Waals surface area contributed by atoms with Crippen LogP contribution in [0.3, 0.4) is 0 Å². The van der Waals surface area contributed by atoms with Crippen molar-refractivity contribution in [3.05, 3.63) is 40.7 Å². The molecule has 0 unspecified atom stereocenters. The maximum atomic E-state index is 9.33. The molecule has 0 saturated heterocycles. The molecular formula is C15H21N3O3. The van der Waals surface area contributed by atoms with E-state index in [0.717, 1.165) is 17.0 Å². The lowest BCUT2D eigenvalue weighted by Crippen LogP contribution is -2.11. The maximum Gasteiger partial charge on any atom is 0.132 e. The standard InChI is InChI=1S/C15H21N3O3/c1-11-5-3-6-15(12(11)2)21-10-14-13(9-20)16-17-18(14)7-4-8-19/h3,5-6,19-20H,4,7-10H2,1-2H3. The van der Waals surface area contributed by atoms with Gasteiger partial charge in [-0.3, -0.25) is 0 Å². The SMILES string of the molecule is Cc1cccc(OCc2c(CO)nnn2CCCO)c1C. The van der Waals surface area contributed by atoms with Gasteiger partial charge in [0.1, 0.15) is 23.7 Å². The van der Waals surface area contributed by atoms with Crippen LogP contribution in [0.5, 0.6) is 5.75 Å². The van der Waals surface area contributed by atoms with Gasteiger partial charge in [0.2, 0.25) is 0 Å². The number of aliphatic hydroxyl groups is 2. The second kappa shape index (κ2) is 7.19. The number of nitrogens with zero attached hydrogens (tertiary/aromatic N) is 3. The van der Waals surface area contributed by atoms with E-state index in [1.54, 1.807) is 4.68 Å². The summed E-state index contributed by atoms with van der Waals surface area (Å²) < 4.78 is 7.52. The Morgan fingerprint density at radius 2 is 2.05 bits per heavy atom. The normalized spacial score (nSPS) is 10.9. The summed E-state index contributed by atoms with van der Waals surface area (Å²) in [6, 6.07) is 5.91. The van der Waals surface area contributed by atoms with Crippen LogP contribution >= 0.6 is 0 Å². The molecule has 0 bridgehead atoms. The Morgan fingerprint density at radius 3 is 2.76 bits per heavy atom. The largest absolute Gasteiger partial charge is 0.487 e. The molecule has 0 amide bonds. The van der Waals surface area contributed by atoms with E-state index in [2.05, 4.69) is 10.3 Å². The van der Waals surface area contributed by atoms with Crippen LogP contribution in [0.4, 0.5) is 0 Å². The third-order valence-electron chi connectivity index (χ3n) is 3.52. The first-order valence-corrected chi connectivity index (χ1v) is 6.99. The average molecular weight is 291 g/mol. The Bertz CT molecular complexity index is 596. The van der Waals surface area contributed by atoms with Crippen LogP contribution in [0.15, 0.2) is 18.2 Å². The Labute approximate surface area is 124 Å². The molecule has 2 aromatic rings. The molecular weight excluding hydrogens is 270 g/mol. The van der Waals surface area contributed by atoms with E-state index in [0.29, 0.717) is 25.3 Å². The zero-order valence-electron chi connectivity index (χ0n) is 12.4. The summed E-state index contributed by atoms with van der Waals surface area (Å²) in [5, 5.41) is 26.2. The Morgan fingerprint density at radius 1 is 1.24 bits per heavy atom. The monoisotopic (exact) mass is 291 g/mol. The van der Waals surface area contributed by atoms with Crippen molar-refractivity contribution in [1.29, 1.82) is 0 Å². The van der Waals surface area contributed by atoms with E-state index in [-0.39, 0.29) is 13.2 Å². The third kappa shape index (κ3) is 3.59. The van der Waals surface area contributed by atoms with Gasteiger partial charge in [0.15, 0.2) is 0 Å². The van der Waals surface area contributed by atoms with Gasteiger partial charge >= 0.3 is 0 Å². The van der Waals surface area contributed by atoms with E-state index < -0.39 is 0 Å². The van der Waals surface area contributed by atoms with Crippen molar-refractivity contribution in [2.24, 2.45) is 0 Å². The molecule has 6 heteroatoms. The summed E-state index contributed by atoms with van der Waals surface area (Å²) in [7, 11) is 0. The van der Waals surface area contributed by atoms with E-state index in [1.807, 2.05) is 32.0 Å². The van der Waals surface area contributed by atoms with Gasteiger partial charge in [-0.15, -0.1) is 5.10 Å². The first-order valence-electron chi connectivity index (χ1n) is 6.99. The van der Waals surface area contributed by atoms with Gasteiger partial charge < -0.3 is 14.9 Å². The zero-order valence-corrected chi connectivity index (χ0v) is 12.4. The van der Waals surface area contributed by atoms with Gasteiger partial charge in [-0.1, -0.05) is 17.3 Å². The minimum atomic E-state index is -0.176. The molecule has 0 atom stereocenters. The van der Waals surface area contributed by atoms with Crippen molar-refractivity contribution in [3.8, 4) is 5.75 Å². The highest BCUT2D eigenvalue weighted by molar-refractivity contribution is 5.38. The first kappa shape index (κ1) is 15.5. The minimum absolute atomic E-state index is 0.0889. The van der Waals surface area contributed by atoms with Crippen LogP contribution in [0.2, 0.25) is 0 Å². The fraction of sp³-hybridized carbons (Fsp3) is 0.467. The lowest BCUT2D eigenvalue weighted by atomic mass is 10.1. The second-order valence-electron chi connectivity index (χ2n) is 4.93. The first-order chi connectivity index (χ1) is 10.2. The number of aliphatic hydroxyl groups excluding tert-OH is 2. The smallest absolute Gasteiger partial charge is 0.132 e. The van der Waals surface area contributed by atoms with Crippen LogP contribution in [-0.4, -0.2) is 31.8 Å². The molecule has 0 aliphatic carbocycles. The predicted octanol–water partition coefficient (Wildman–Crippen LogP) is 1.35. The average Bonchev–Trinajstić information content (AvgIpc) is 2.88. The maximum absolute atomic E-state index is 9.33.